The number of aliphatic carboxylic acids is 1. The van der Waals surface area contributed by atoms with Crippen molar-refractivity contribution in [3.63, 3.8) is 0 Å². The highest BCUT2D eigenvalue weighted by molar-refractivity contribution is 8.01. The molecule has 1 aliphatic rings. The minimum absolute atomic E-state index is 0.245. The molecule has 0 radical (unpaired) electrons. The van der Waals surface area contributed by atoms with E-state index in [2.05, 4.69) is 5.32 Å². The van der Waals surface area contributed by atoms with E-state index in [1.807, 2.05) is 0 Å². The first-order valence-corrected chi connectivity index (χ1v) is 11.2. The molecule has 6 nitrogen and oxygen atoms in total. The summed E-state index contributed by atoms with van der Waals surface area (Å²) in [5.41, 5.74) is 0.503. The normalized spacial score (nSPS) is 15.1. The highest BCUT2D eigenvalue weighted by Gasteiger charge is 2.38. The van der Waals surface area contributed by atoms with Gasteiger partial charge in [-0.25, -0.2) is 4.79 Å². The van der Waals surface area contributed by atoms with Gasteiger partial charge < -0.3 is 15.2 Å². The third-order valence-electron chi connectivity index (χ3n) is 4.90. The topological polar surface area (TPSA) is 92.7 Å². The second kappa shape index (κ2) is 9.00. The van der Waals surface area contributed by atoms with Crippen LogP contribution in [0.25, 0.3) is 0 Å². The quantitative estimate of drug-likeness (QED) is 0.631. The largest absolute Gasteiger partial charge is 0.481 e. The second-order valence-electron chi connectivity index (χ2n) is 6.97. The zero-order valence-corrected chi connectivity index (χ0v) is 18.0. The van der Waals surface area contributed by atoms with E-state index in [9.17, 15) is 19.5 Å². The Kier molecular flexibility index (Phi) is 6.64. The Labute approximate surface area is 177 Å². The van der Waals surface area contributed by atoms with Gasteiger partial charge in [0.1, 0.15) is 5.00 Å². The Bertz CT molecular complexity index is 925. The minimum atomic E-state index is -1.37. The van der Waals surface area contributed by atoms with E-state index in [0.29, 0.717) is 16.1 Å². The van der Waals surface area contributed by atoms with Gasteiger partial charge in [-0.05, 0) is 43.6 Å². The number of carboxylic acid groups (broad SMARTS) is 1. The van der Waals surface area contributed by atoms with Crippen LogP contribution in [0.15, 0.2) is 34.5 Å². The number of carboxylic acids is 1. The number of carbonyl (C=O) groups is 3. The molecule has 2 heterocycles. The maximum Gasteiger partial charge on any atom is 0.341 e. The Morgan fingerprint density at radius 2 is 1.97 bits per heavy atom. The fourth-order valence-corrected chi connectivity index (χ4v) is 5.88. The first-order valence-electron chi connectivity index (χ1n) is 9.41. The molecule has 3 rings (SSSR count). The molecule has 0 saturated carbocycles. The smallest absolute Gasteiger partial charge is 0.341 e. The minimum Gasteiger partial charge on any atom is -0.481 e. The summed E-state index contributed by atoms with van der Waals surface area (Å²) in [6.45, 7) is 3.52. The highest BCUT2D eigenvalue weighted by atomic mass is 32.2. The molecular formula is C21H23NO5S2. The van der Waals surface area contributed by atoms with Gasteiger partial charge in [0.25, 0.3) is 0 Å². The molecule has 154 valence electrons. The molecule has 0 saturated heterocycles. The van der Waals surface area contributed by atoms with Crippen molar-refractivity contribution in [1.29, 1.82) is 0 Å². The predicted octanol–water partition coefficient (Wildman–Crippen LogP) is 4.33. The number of ether oxygens (including phenoxy) is 1. The number of fused-ring (bicyclic) bond motifs is 1. The van der Waals surface area contributed by atoms with Crippen molar-refractivity contribution in [2.24, 2.45) is 0 Å². The van der Waals surface area contributed by atoms with E-state index in [-0.39, 0.29) is 13.0 Å². The van der Waals surface area contributed by atoms with Crippen molar-refractivity contribution >= 4 is 45.9 Å². The molecule has 0 fully saturated rings. The second-order valence-corrected chi connectivity index (χ2v) is 9.36. The van der Waals surface area contributed by atoms with Crippen LogP contribution in [0.1, 0.15) is 48.2 Å². The Balaban J connectivity index is 1.87. The van der Waals surface area contributed by atoms with Gasteiger partial charge in [-0.15, -0.1) is 23.1 Å². The number of anilines is 1. The number of carbonyl (C=O) groups excluding carboxylic acids is 2. The molecule has 0 spiro atoms. The summed E-state index contributed by atoms with van der Waals surface area (Å²) in [4.78, 5) is 37.3. The molecule has 0 aliphatic carbocycles. The molecule has 0 unspecified atom stereocenters. The van der Waals surface area contributed by atoms with E-state index >= 15 is 0 Å². The summed E-state index contributed by atoms with van der Waals surface area (Å²) in [5, 5.41) is 13.0. The summed E-state index contributed by atoms with van der Waals surface area (Å²) in [6.07, 6.45) is 1.48. The lowest BCUT2D eigenvalue weighted by atomic mass is 9.79. The average molecular weight is 434 g/mol. The monoisotopic (exact) mass is 433 g/mol. The van der Waals surface area contributed by atoms with Crippen LogP contribution in [0.2, 0.25) is 0 Å². The summed E-state index contributed by atoms with van der Waals surface area (Å²) >= 11 is 3.02. The van der Waals surface area contributed by atoms with Gasteiger partial charge in [-0.3, -0.25) is 9.59 Å². The average Bonchev–Trinajstić information content (AvgIpc) is 3.06. The fourth-order valence-electron chi connectivity index (χ4n) is 3.31. The van der Waals surface area contributed by atoms with Crippen LogP contribution in [0.5, 0.6) is 0 Å². The Hall–Kier alpha value is -2.32. The number of hydrogen-bond donors (Lipinski definition) is 2. The van der Waals surface area contributed by atoms with Crippen molar-refractivity contribution in [2.45, 2.75) is 42.7 Å². The lowest BCUT2D eigenvalue weighted by Crippen LogP contribution is -2.36. The molecule has 8 heteroatoms. The van der Waals surface area contributed by atoms with Crippen molar-refractivity contribution in [1.82, 2.24) is 0 Å². The van der Waals surface area contributed by atoms with E-state index in [1.165, 1.54) is 18.3 Å². The molecular weight excluding hydrogens is 410 g/mol. The summed E-state index contributed by atoms with van der Waals surface area (Å²) in [6, 6.07) is 8.69. The molecule has 1 amide bonds. The first kappa shape index (κ1) is 21.4. The van der Waals surface area contributed by atoms with Crippen LogP contribution in [-0.2, 0) is 26.2 Å². The molecule has 0 bridgehead atoms. The summed E-state index contributed by atoms with van der Waals surface area (Å²) < 4.78 is 6.21. The van der Waals surface area contributed by atoms with Crippen LogP contribution < -0.4 is 5.32 Å². The van der Waals surface area contributed by atoms with Crippen molar-refractivity contribution in [3.05, 3.63) is 47.0 Å². The highest BCUT2D eigenvalue weighted by Crippen LogP contribution is 2.44. The molecule has 2 N–H and O–H groups in total. The van der Waals surface area contributed by atoms with Crippen molar-refractivity contribution in [2.75, 3.05) is 17.7 Å². The number of nitrogens with one attached hydrogen (secondary N) is 1. The van der Waals surface area contributed by atoms with Gasteiger partial charge in [-0.1, -0.05) is 30.3 Å². The number of benzene rings is 1. The summed E-state index contributed by atoms with van der Waals surface area (Å²) in [7, 11) is 0. The maximum absolute atomic E-state index is 12.8. The molecule has 29 heavy (non-hydrogen) atoms. The van der Waals surface area contributed by atoms with Crippen LogP contribution >= 0.6 is 23.1 Å². The van der Waals surface area contributed by atoms with Gasteiger partial charge in [-0.2, -0.15) is 0 Å². The van der Waals surface area contributed by atoms with E-state index in [1.54, 1.807) is 49.0 Å². The van der Waals surface area contributed by atoms with Gasteiger partial charge in [0.15, 0.2) is 0 Å². The zero-order valence-electron chi connectivity index (χ0n) is 16.3. The number of rotatable bonds is 7. The first-order chi connectivity index (χ1) is 13.9. The van der Waals surface area contributed by atoms with E-state index in [0.717, 1.165) is 28.4 Å². The van der Waals surface area contributed by atoms with Gasteiger partial charge in [0, 0.05) is 6.42 Å². The predicted molar refractivity (Wildman–Crippen MR) is 114 cm³/mol. The third-order valence-corrected chi connectivity index (χ3v) is 7.45. The number of hydrogen-bond acceptors (Lipinski definition) is 6. The molecule has 1 aliphatic heterocycles. The molecule has 1 aromatic heterocycles. The van der Waals surface area contributed by atoms with Crippen molar-refractivity contribution in [3.8, 4) is 0 Å². The van der Waals surface area contributed by atoms with Gasteiger partial charge in [0.2, 0.25) is 5.91 Å². The third kappa shape index (κ3) is 4.48. The number of amides is 1. The lowest BCUT2D eigenvalue weighted by molar-refractivity contribution is -0.145. The van der Waals surface area contributed by atoms with E-state index < -0.39 is 23.3 Å². The molecule has 1 aromatic carbocycles. The fraction of sp³-hybridized carbons (Fsp3) is 0.381. The zero-order chi connectivity index (χ0) is 21.0. The molecule has 1 atom stereocenters. The number of thioether (sulfide) groups is 1. The van der Waals surface area contributed by atoms with Gasteiger partial charge in [0.05, 0.1) is 21.8 Å². The maximum atomic E-state index is 12.8. The molecule has 2 aromatic rings. The van der Waals surface area contributed by atoms with E-state index in [4.69, 9.17) is 4.74 Å². The Morgan fingerprint density at radius 3 is 2.62 bits per heavy atom. The standard InChI is InChI=1S/C21H23NO5S2/c1-3-27-18(24)16-14-10-7-11-28-19(14)29-17(16)22-15(23)12-21(2,20(25)26)13-8-5-4-6-9-13/h4-6,8-9H,3,7,10-12H2,1-2H3,(H,22,23)(H,25,26)/t21-/m0/s1. The summed E-state index contributed by atoms with van der Waals surface area (Å²) in [5.74, 6) is -1.01. The number of esters is 1. The van der Waals surface area contributed by atoms with Crippen LogP contribution in [0.3, 0.4) is 0 Å². The van der Waals surface area contributed by atoms with Crippen LogP contribution in [-0.4, -0.2) is 35.3 Å². The SMILES string of the molecule is CCOC(=O)c1c(NC(=O)C[C@](C)(C(=O)O)c2ccccc2)sc2c1CCCS2. The lowest BCUT2D eigenvalue weighted by Gasteiger charge is -2.24. The Morgan fingerprint density at radius 1 is 1.24 bits per heavy atom. The number of thiophene rings is 1. The van der Waals surface area contributed by atoms with Gasteiger partial charge >= 0.3 is 11.9 Å². The van der Waals surface area contributed by atoms with Crippen molar-refractivity contribution < 1.29 is 24.2 Å². The van der Waals surface area contributed by atoms with Crippen LogP contribution in [0, 0.1) is 0 Å². The van der Waals surface area contributed by atoms with Crippen LogP contribution in [0.4, 0.5) is 5.00 Å².